The largest absolute Gasteiger partial charge is 0.478 e. The van der Waals surface area contributed by atoms with Gasteiger partial charge in [0.1, 0.15) is 0 Å². The second kappa shape index (κ2) is 7.28. The molecule has 0 bridgehead atoms. The number of nitrogens with one attached hydrogen (secondary N) is 2. The summed E-state index contributed by atoms with van der Waals surface area (Å²) in [6, 6.07) is 3.78. The van der Waals surface area contributed by atoms with Gasteiger partial charge in [0, 0.05) is 18.8 Å². The third-order valence-corrected chi connectivity index (χ3v) is 2.98. The summed E-state index contributed by atoms with van der Waals surface area (Å²) >= 11 is 5.83. The van der Waals surface area contributed by atoms with Gasteiger partial charge in [-0.1, -0.05) is 11.6 Å². The highest BCUT2D eigenvalue weighted by Gasteiger charge is 2.18. The van der Waals surface area contributed by atoms with Crippen LogP contribution >= 0.6 is 11.6 Å². The first-order chi connectivity index (χ1) is 9.75. The van der Waals surface area contributed by atoms with E-state index in [1.165, 1.54) is 18.2 Å². The molecule has 0 heterocycles. The molecule has 1 rings (SSSR count). The first-order valence-corrected chi connectivity index (χ1v) is 6.84. The highest BCUT2D eigenvalue weighted by Crippen LogP contribution is 2.21. The van der Waals surface area contributed by atoms with Gasteiger partial charge in [0.15, 0.2) is 0 Å². The van der Waals surface area contributed by atoms with E-state index in [4.69, 9.17) is 21.4 Å². The van der Waals surface area contributed by atoms with E-state index in [-0.39, 0.29) is 10.6 Å². The molecule has 1 aromatic carbocycles. The molecule has 0 atom stereocenters. The summed E-state index contributed by atoms with van der Waals surface area (Å²) in [7, 11) is 0. The van der Waals surface area contributed by atoms with Gasteiger partial charge < -0.3 is 20.5 Å². The topological polar surface area (TPSA) is 87.7 Å². The molecular weight excluding hydrogens is 296 g/mol. The zero-order valence-electron chi connectivity index (χ0n) is 12.2. The van der Waals surface area contributed by atoms with Crippen LogP contribution in [0.1, 0.15) is 31.1 Å². The van der Waals surface area contributed by atoms with Crippen LogP contribution in [0.25, 0.3) is 0 Å². The number of urea groups is 1. The van der Waals surface area contributed by atoms with E-state index in [1.54, 1.807) is 0 Å². The van der Waals surface area contributed by atoms with Crippen LogP contribution in [0.2, 0.25) is 5.02 Å². The first-order valence-electron chi connectivity index (χ1n) is 6.47. The maximum atomic E-state index is 11.8. The monoisotopic (exact) mass is 314 g/mol. The van der Waals surface area contributed by atoms with Crippen LogP contribution in [0.3, 0.4) is 0 Å². The third-order valence-electron chi connectivity index (χ3n) is 2.67. The van der Waals surface area contributed by atoms with Gasteiger partial charge in [-0.25, -0.2) is 9.59 Å². The quantitative estimate of drug-likeness (QED) is 0.753. The van der Waals surface area contributed by atoms with E-state index < -0.39 is 17.6 Å². The lowest BCUT2D eigenvalue weighted by Crippen LogP contribution is -2.42. The van der Waals surface area contributed by atoms with E-state index in [1.807, 2.05) is 20.8 Å². The van der Waals surface area contributed by atoms with Gasteiger partial charge in [0.25, 0.3) is 0 Å². The number of ether oxygens (including phenoxy) is 1. The van der Waals surface area contributed by atoms with Crippen molar-refractivity contribution in [2.75, 3.05) is 18.5 Å². The predicted molar refractivity (Wildman–Crippen MR) is 81.1 cm³/mol. The van der Waals surface area contributed by atoms with E-state index in [9.17, 15) is 9.59 Å². The number of rotatable bonds is 6. The van der Waals surface area contributed by atoms with Crippen molar-refractivity contribution < 1.29 is 19.4 Å². The van der Waals surface area contributed by atoms with Crippen molar-refractivity contribution in [1.29, 1.82) is 0 Å². The van der Waals surface area contributed by atoms with Crippen LogP contribution in [0.5, 0.6) is 0 Å². The third kappa shape index (κ3) is 5.61. The molecule has 0 fully saturated rings. The molecule has 0 saturated heterocycles. The van der Waals surface area contributed by atoms with Crippen molar-refractivity contribution in [3.05, 3.63) is 28.8 Å². The molecule has 21 heavy (non-hydrogen) atoms. The summed E-state index contributed by atoms with van der Waals surface area (Å²) in [6.07, 6.45) is 0. The van der Waals surface area contributed by atoms with E-state index in [2.05, 4.69) is 10.6 Å². The summed E-state index contributed by atoms with van der Waals surface area (Å²) < 4.78 is 5.46. The minimum absolute atomic E-state index is 0.0138. The highest BCUT2D eigenvalue weighted by atomic mass is 35.5. The number of amides is 2. The van der Waals surface area contributed by atoms with E-state index in [0.717, 1.165) is 0 Å². The van der Waals surface area contributed by atoms with E-state index in [0.29, 0.717) is 18.8 Å². The Labute approximate surface area is 128 Å². The second-order valence-electron chi connectivity index (χ2n) is 5.00. The number of carboxylic acid groups (broad SMARTS) is 1. The second-order valence-corrected chi connectivity index (χ2v) is 5.41. The summed E-state index contributed by atoms with van der Waals surface area (Å²) in [6.45, 7) is 6.52. The number of hydrogen-bond acceptors (Lipinski definition) is 3. The lowest BCUT2D eigenvalue weighted by atomic mass is 10.1. The first kappa shape index (κ1) is 17.3. The highest BCUT2D eigenvalue weighted by molar-refractivity contribution is 6.33. The molecule has 0 radical (unpaired) electrons. The lowest BCUT2D eigenvalue weighted by molar-refractivity contribution is -0.00663. The number of halogens is 1. The molecule has 0 unspecified atom stereocenters. The Morgan fingerprint density at radius 3 is 2.57 bits per heavy atom. The van der Waals surface area contributed by atoms with Crippen LogP contribution in [0.4, 0.5) is 10.5 Å². The Kier molecular flexibility index (Phi) is 5.99. The summed E-state index contributed by atoms with van der Waals surface area (Å²) in [5, 5.41) is 14.2. The number of benzene rings is 1. The number of carbonyl (C=O) groups excluding carboxylic acids is 1. The van der Waals surface area contributed by atoms with Crippen LogP contribution in [0, 0.1) is 0 Å². The van der Waals surface area contributed by atoms with Crippen molar-refractivity contribution >= 4 is 29.3 Å². The summed E-state index contributed by atoms with van der Waals surface area (Å²) in [5.41, 5.74) is -0.0616. The van der Waals surface area contributed by atoms with Crippen LogP contribution in [-0.4, -0.2) is 35.9 Å². The SMILES string of the molecule is CCOC(C)(C)CNC(=O)Nc1ccc(C(=O)O)c(Cl)c1. The molecule has 0 spiro atoms. The Hall–Kier alpha value is -1.79. The Morgan fingerprint density at radius 1 is 1.38 bits per heavy atom. The van der Waals surface area contributed by atoms with Crippen molar-refractivity contribution in [3.63, 3.8) is 0 Å². The normalized spacial score (nSPS) is 11.0. The summed E-state index contributed by atoms with van der Waals surface area (Å²) in [5.74, 6) is -1.12. The number of carbonyl (C=O) groups is 2. The predicted octanol–water partition coefficient (Wildman–Crippen LogP) is 2.97. The zero-order valence-corrected chi connectivity index (χ0v) is 13.0. The van der Waals surface area contributed by atoms with Gasteiger partial charge in [-0.3, -0.25) is 0 Å². The van der Waals surface area contributed by atoms with Gasteiger partial charge in [0.05, 0.1) is 16.2 Å². The molecule has 0 saturated carbocycles. The fourth-order valence-electron chi connectivity index (χ4n) is 1.68. The van der Waals surface area contributed by atoms with Crippen molar-refractivity contribution in [2.24, 2.45) is 0 Å². The summed E-state index contributed by atoms with van der Waals surface area (Å²) in [4.78, 5) is 22.6. The number of anilines is 1. The Morgan fingerprint density at radius 2 is 2.05 bits per heavy atom. The lowest BCUT2D eigenvalue weighted by Gasteiger charge is -2.24. The molecular formula is C14H19ClN2O4. The molecule has 0 aliphatic rings. The van der Waals surface area contributed by atoms with Gasteiger partial charge in [-0.15, -0.1) is 0 Å². The molecule has 0 aliphatic heterocycles. The smallest absolute Gasteiger partial charge is 0.337 e. The molecule has 6 nitrogen and oxygen atoms in total. The standard InChI is InChI=1S/C14H19ClN2O4/c1-4-21-14(2,3)8-16-13(20)17-9-5-6-10(12(18)19)11(15)7-9/h5-7H,4,8H2,1-3H3,(H,18,19)(H2,16,17,20). The molecule has 2 amide bonds. The minimum atomic E-state index is -1.12. The van der Waals surface area contributed by atoms with Crippen molar-refractivity contribution in [3.8, 4) is 0 Å². The number of carboxylic acids is 1. The fourth-order valence-corrected chi connectivity index (χ4v) is 1.94. The Bertz CT molecular complexity index is 532. The van der Waals surface area contributed by atoms with Gasteiger partial charge in [0.2, 0.25) is 0 Å². The van der Waals surface area contributed by atoms with E-state index >= 15 is 0 Å². The van der Waals surface area contributed by atoms with Crippen molar-refractivity contribution in [1.82, 2.24) is 5.32 Å². The minimum Gasteiger partial charge on any atom is -0.478 e. The fraction of sp³-hybridized carbons (Fsp3) is 0.429. The van der Waals surface area contributed by atoms with Crippen LogP contribution in [-0.2, 0) is 4.74 Å². The van der Waals surface area contributed by atoms with Crippen LogP contribution < -0.4 is 10.6 Å². The average molecular weight is 315 g/mol. The molecule has 0 aromatic heterocycles. The van der Waals surface area contributed by atoms with Crippen LogP contribution in [0.15, 0.2) is 18.2 Å². The van der Waals surface area contributed by atoms with Crippen molar-refractivity contribution in [2.45, 2.75) is 26.4 Å². The number of hydrogen-bond donors (Lipinski definition) is 3. The molecule has 3 N–H and O–H groups in total. The average Bonchev–Trinajstić information content (AvgIpc) is 2.36. The van der Waals surface area contributed by atoms with Gasteiger partial charge >= 0.3 is 12.0 Å². The molecule has 116 valence electrons. The van der Waals surface area contributed by atoms with Gasteiger partial charge in [-0.05, 0) is 39.0 Å². The number of aromatic carboxylic acids is 1. The Balaban J connectivity index is 2.59. The molecule has 0 aliphatic carbocycles. The van der Waals surface area contributed by atoms with Gasteiger partial charge in [-0.2, -0.15) is 0 Å². The zero-order chi connectivity index (χ0) is 16.0. The molecule has 1 aromatic rings. The maximum absolute atomic E-state index is 11.8. The molecule has 7 heteroatoms. The maximum Gasteiger partial charge on any atom is 0.337 e.